The molecule has 0 fully saturated rings. The van der Waals surface area contributed by atoms with Crippen molar-refractivity contribution in [1.29, 1.82) is 0 Å². The van der Waals surface area contributed by atoms with Crippen LogP contribution in [-0.2, 0) is 17.6 Å². The van der Waals surface area contributed by atoms with Crippen LogP contribution in [0.2, 0.25) is 0 Å². The highest BCUT2D eigenvalue weighted by Gasteiger charge is 2.25. The molecule has 4 rings (SSSR count). The number of rotatable bonds is 7. The van der Waals surface area contributed by atoms with E-state index in [4.69, 9.17) is 14.5 Å². The minimum atomic E-state index is -0.429. The van der Waals surface area contributed by atoms with Crippen molar-refractivity contribution in [2.24, 2.45) is 4.99 Å². The molecular weight excluding hydrogens is 516 g/mol. The lowest BCUT2D eigenvalue weighted by molar-refractivity contribution is -0.132. The lowest BCUT2D eigenvalue weighted by Crippen LogP contribution is -2.14. The Labute approximate surface area is 211 Å². The van der Waals surface area contributed by atoms with E-state index in [-0.39, 0.29) is 5.91 Å². The molecule has 3 aromatic rings. The number of halogens is 1. The van der Waals surface area contributed by atoms with E-state index in [0.717, 1.165) is 42.5 Å². The van der Waals surface area contributed by atoms with Crippen LogP contribution in [0.3, 0.4) is 0 Å². The minimum absolute atomic E-state index is 0.140. The summed E-state index contributed by atoms with van der Waals surface area (Å²) in [7, 11) is 0. The van der Waals surface area contributed by atoms with Crippen LogP contribution < -0.4 is 14.8 Å². The van der Waals surface area contributed by atoms with Gasteiger partial charge in [-0.2, -0.15) is 0 Å². The normalized spacial score (nSPS) is 12.9. The van der Waals surface area contributed by atoms with Crippen molar-refractivity contribution in [1.82, 2.24) is 0 Å². The van der Waals surface area contributed by atoms with E-state index in [1.54, 1.807) is 23.6 Å². The van der Waals surface area contributed by atoms with E-state index >= 15 is 0 Å². The number of amides is 1. The summed E-state index contributed by atoms with van der Waals surface area (Å²) in [4.78, 5) is 30.7. The van der Waals surface area contributed by atoms with Crippen LogP contribution in [-0.4, -0.2) is 24.7 Å². The zero-order chi connectivity index (χ0) is 24.1. The van der Waals surface area contributed by atoms with Gasteiger partial charge in [-0.25, -0.2) is 4.99 Å². The molecule has 1 aliphatic carbocycles. The Morgan fingerprint density at radius 3 is 2.68 bits per heavy atom. The number of fused-ring (bicyclic) bond motifs is 1. The molecule has 176 valence electrons. The fourth-order valence-electron chi connectivity index (χ4n) is 3.89. The highest BCUT2D eigenvalue weighted by molar-refractivity contribution is 9.10. The Bertz CT molecular complexity index is 1240. The van der Waals surface area contributed by atoms with E-state index in [0.29, 0.717) is 33.1 Å². The van der Waals surface area contributed by atoms with Crippen molar-refractivity contribution in [3.8, 4) is 11.5 Å². The zero-order valence-corrected chi connectivity index (χ0v) is 21.4. The fraction of sp³-hybridized carbons (Fsp3) is 0.269. The maximum Gasteiger partial charge on any atom is 0.308 e. The molecule has 1 aromatic heterocycles. The van der Waals surface area contributed by atoms with E-state index in [2.05, 4.69) is 21.2 Å². The Morgan fingerprint density at radius 1 is 1.18 bits per heavy atom. The van der Waals surface area contributed by atoms with Gasteiger partial charge in [-0.15, -0.1) is 11.3 Å². The smallest absolute Gasteiger partial charge is 0.308 e. The van der Waals surface area contributed by atoms with Gasteiger partial charge in [-0.05, 0) is 83.9 Å². The van der Waals surface area contributed by atoms with Gasteiger partial charge in [0.2, 0.25) is 0 Å². The van der Waals surface area contributed by atoms with Crippen molar-refractivity contribution in [2.75, 3.05) is 11.9 Å². The SMILES string of the molecule is CCOc1cc(C=Nc2sc3c(c2C(=O)Nc2ccccc2)CCCC3)cc(Br)c1OC(C)=O. The van der Waals surface area contributed by atoms with Gasteiger partial charge in [-0.1, -0.05) is 18.2 Å². The number of benzene rings is 2. The van der Waals surface area contributed by atoms with Crippen molar-refractivity contribution in [3.63, 3.8) is 0 Å². The Hall–Kier alpha value is -2.97. The first kappa shape index (κ1) is 24.2. The first-order chi connectivity index (χ1) is 16.5. The number of ether oxygens (including phenoxy) is 2. The van der Waals surface area contributed by atoms with Gasteiger partial charge in [0, 0.05) is 23.7 Å². The van der Waals surface area contributed by atoms with Crippen LogP contribution in [0.25, 0.3) is 0 Å². The number of para-hydroxylation sites is 1. The van der Waals surface area contributed by atoms with Gasteiger partial charge in [0.15, 0.2) is 11.5 Å². The largest absolute Gasteiger partial charge is 0.490 e. The Balaban J connectivity index is 1.68. The molecule has 1 heterocycles. The molecule has 6 nitrogen and oxygen atoms in total. The molecule has 1 amide bonds. The molecule has 0 spiro atoms. The van der Waals surface area contributed by atoms with Gasteiger partial charge in [0.05, 0.1) is 16.6 Å². The molecule has 2 aromatic carbocycles. The molecule has 0 saturated carbocycles. The number of thiophene rings is 1. The molecule has 1 aliphatic rings. The lowest BCUT2D eigenvalue weighted by Gasteiger charge is -2.13. The summed E-state index contributed by atoms with van der Waals surface area (Å²) >= 11 is 5.04. The van der Waals surface area contributed by atoms with Crippen LogP contribution in [0.5, 0.6) is 11.5 Å². The molecule has 0 radical (unpaired) electrons. The van der Waals surface area contributed by atoms with E-state index < -0.39 is 5.97 Å². The van der Waals surface area contributed by atoms with Gasteiger partial charge in [0.1, 0.15) is 5.00 Å². The van der Waals surface area contributed by atoms with Crippen LogP contribution in [0.4, 0.5) is 10.7 Å². The van der Waals surface area contributed by atoms with Gasteiger partial charge in [0.25, 0.3) is 5.91 Å². The summed E-state index contributed by atoms with van der Waals surface area (Å²) in [5.41, 5.74) is 3.27. The van der Waals surface area contributed by atoms with Crippen LogP contribution in [0.1, 0.15) is 53.1 Å². The first-order valence-corrected chi connectivity index (χ1v) is 12.8. The summed E-state index contributed by atoms with van der Waals surface area (Å²) in [5.74, 6) is 0.211. The molecule has 8 heteroatoms. The number of hydrogen-bond acceptors (Lipinski definition) is 6. The molecule has 0 atom stereocenters. The molecule has 0 aliphatic heterocycles. The molecule has 1 N–H and O–H groups in total. The number of hydrogen-bond donors (Lipinski definition) is 1. The number of carbonyl (C=O) groups excluding carboxylic acids is 2. The number of aliphatic imine (C=N–C) groups is 1. The maximum atomic E-state index is 13.3. The zero-order valence-electron chi connectivity index (χ0n) is 19.0. The van der Waals surface area contributed by atoms with Crippen LogP contribution >= 0.6 is 27.3 Å². The third-order valence-electron chi connectivity index (χ3n) is 5.32. The highest BCUT2D eigenvalue weighted by Crippen LogP contribution is 2.41. The van der Waals surface area contributed by atoms with Crippen molar-refractivity contribution >= 4 is 56.0 Å². The topological polar surface area (TPSA) is 77.0 Å². The maximum absolute atomic E-state index is 13.3. The predicted molar refractivity (Wildman–Crippen MR) is 139 cm³/mol. The standard InChI is InChI=1S/C26H25BrN2O4S/c1-3-32-21-14-17(13-20(27)24(21)33-16(2)30)15-28-26-23(19-11-7-8-12-22(19)34-26)25(31)29-18-9-5-4-6-10-18/h4-6,9-10,13-15H,3,7-8,11-12H2,1-2H3,(H,29,31). The summed E-state index contributed by atoms with van der Waals surface area (Å²) in [5, 5.41) is 3.70. The third-order valence-corrected chi connectivity index (χ3v) is 7.11. The van der Waals surface area contributed by atoms with Crippen molar-refractivity contribution in [2.45, 2.75) is 39.5 Å². The number of anilines is 1. The summed E-state index contributed by atoms with van der Waals surface area (Å²) in [6.45, 7) is 3.63. The monoisotopic (exact) mass is 540 g/mol. The number of nitrogens with zero attached hydrogens (tertiary/aromatic N) is 1. The molecule has 0 saturated heterocycles. The number of aryl methyl sites for hydroxylation is 1. The highest BCUT2D eigenvalue weighted by atomic mass is 79.9. The van der Waals surface area contributed by atoms with E-state index in [9.17, 15) is 9.59 Å². The van der Waals surface area contributed by atoms with E-state index in [1.807, 2.05) is 43.3 Å². The van der Waals surface area contributed by atoms with Crippen molar-refractivity contribution < 1.29 is 19.1 Å². The Kier molecular flexibility index (Phi) is 7.80. The molecule has 0 bridgehead atoms. The average molecular weight is 541 g/mol. The molecule has 0 unspecified atom stereocenters. The third kappa shape index (κ3) is 5.56. The Morgan fingerprint density at radius 2 is 1.94 bits per heavy atom. The average Bonchev–Trinajstić information content (AvgIpc) is 3.19. The second-order valence-corrected chi connectivity index (χ2v) is 9.76. The van der Waals surface area contributed by atoms with Crippen molar-refractivity contribution in [3.05, 3.63) is 68.5 Å². The minimum Gasteiger partial charge on any atom is -0.490 e. The lowest BCUT2D eigenvalue weighted by atomic mass is 9.95. The number of nitrogens with one attached hydrogen (secondary N) is 1. The van der Waals surface area contributed by atoms with Gasteiger partial charge in [-0.3, -0.25) is 9.59 Å². The number of carbonyl (C=O) groups is 2. The van der Waals surface area contributed by atoms with Gasteiger partial charge >= 0.3 is 5.97 Å². The summed E-state index contributed by atoms with van der Waals surface area (Å²) < 4.78 is 11.6. The molecule has 34 heavy (non-hydrogen) atoms. The first-order valence-electron chi connectivity index (χ1n) is 11.2. The van der Waals surface area contributed by atoms with Gasteiger partial charge < -0.3 is 14.8 Å². The predicted octanol–water partition coefficient (Wildman–Crippen LogP) is 6.72. The quantitative estimate of drug-likeness (QED) is 0.205. The van der Waals surface area contributed by atoms with E-state index in [1.165, 1.54) is 11.8 Å². The van der Waals surface area contributed by atoms with Crippen LogP contribution in [0.15, 0.2) is 51.9 Å². The molecular formula is C26H25BrN2O4S. The number of esters is 1. The fourth-order valence-corrected chi connectivity index (χ4v) is 5.66. The second-order valence-electron chi connectivity index (χ2n) is 7.83. The second kappa shape index (κ2) is 11.0. The summed E-state index contributed by atoms with van der Waals surface area (Å²) in [6, 6.07) is 13.0. The summed E-state index contributed by atoms with van der Waals surface area (Å²) in [6.07, 6.45) is 5.76. The van der Waals surface area contributed by atoms with Crippen LogP contribution in [0, 0.1) is 0 Å².